The summed E-state index contributed by atoms with van der Waals surface area (Å²) in [5.74, 6) is -0.651. The lowest BCUT2D eigenvalue weighted by molar-refractivity contribution is -0.149. The van der Waals surface area contributed by atoms with Crippen LogP contribution in [0.5, 0.6) is 0 Å². The molecule has 5 heteroatoms. The Balaban J connectivity index is 2.78. The normalized spacial score (nSPS) is 30.3. The molecule has 1 saturated carbocycles. The summed E-state index contributed by atoms with van der Waals surface area (Å²) in [6.45, 7) is 0. The van der Waals surface area contributed by atoms with Crippen LogP contribution in [0.3, 0.4) is 0 Å². The van der Waals surface area contributed by atoms with Gasteiger partial charge in [0.1, 0.15) is 6.10 Å². The molecule has 0 bridgehead atoms. The number of hydrogen-bond donors (Lipinski definition) is 1. The van der Waals surface area contributed by atoms with Gasteiger partial charge in [0.2, 0.25) is 0 Å². The van der Waals surface area contributed by atoms with E-state index in [0.29, 0.717) is 18.6 Å². The summed E-state index contributed by atoms with van der Waals surface area (Å²) in [5, 5.41) is 11.9. The van der Waals surface area contributed by atoms with Gasteiger partial charge >= 0.3 is 5.97 Å². The van der Waals surface area contributed by atoms with Crippen LogP contribution in [0.15, 0.2) is 5.16 Å². The topological polar surface area (TPSA) is 68.1 Å². The van der Waals surface area contributed by atoms with E-state index in [9.17, 15) is 4.79 Å². The van der Waals surface area contributed by atoms with Crippen molar-refractivity contribution in [1.29, 1.82) is 0 Å². The summed E-state index contributed by atoms with van der Waals surface area (Å²) >= 11 is 0. The van der Waals surface area contributed by atoms with E-state index in [1.807, 2.05) is 0 Å². The molecule has 2 atom stereocenters. The van der Waals surface area contributed by atoms with Gasteiger partial charge in [-0.1, -0.05) is 5.16 Å². The first-order valence-corrected chi connectivity index (χ1v) is 4.56. The second-order valence-corrected chi connectivity index (χ2v) is 3.27. The summed E-state index contributed by atoms with van der Waals surface area (Å²) in [7, 11) is 2.84. The highest BCUT2D eigenvalue weighted by atomic mass is 16.5. The highest BCUT2D eigenvalue weighted by molar-refractivity contribution is 5.93. The number of carbonyl (C=O) groups excluding carboxylic acids is 1. The minimum Gasteiger partial charge on any atom is -0.469 e. The van der Waals surface area contributed by atoms with Crippen molar-refractivity contribution in [3.63, 3.8) is 0 Å². The largest absolute Gasteiger partial charge is 0.469 e. The lowest BCUT2D eigenvalue weighted by atomic mass is 9.85. The van der Waals surface area contributed by atoms with Crippen LogP contribution in [0.2, 0.25) is 0 Å². The highest BCUT2D eigenvalue weighted by Gasteiger charge is 2.36. The smallest absolute Gasteiger partial charge is 0.311 e. The van der Waals surface area contributed by atoms with Gasteiger partial charge in [-0.25, -0.2) is 0 Å². The molecule has 1 aliphatic rings. The van der Waals surface area contributed by atoms with Gasteiger partial charge in [-0.05, 0) is 19.3 Å². The van der Waals surface area contributed by atoms with Crippen LogP contribution >= 0.6 is 0 Å². The molecular weight excluding hydrogens is 186 g/mol. The Morgan fingerprint density at radius 2 is 2.29 bits per heavy atom. The Morgan fingerprint density at radius 3 is 2.79 bits per heavy atom. The third-order valence-electron chi connectivity index (χ3n) is 2.53. The number of rotatable bonds is 2. The molecule has 0 saturated heterocycles. The Labute approximate surface area is 82.7 Å². The molecular formula is C9H15NO4. The van der Waals surface area contributed by atoms with E-state index in [1.165, 1.54) is 14.2 Å². The van der Waals surface area contributed by atoms with Gasteiger partial charge in [0.25, 0.3) is 0 Å². The Bertz CT molecular complexity index is 239. The maximum absolute atomic E-state index is 11.4. The van der Waals surface area contributed by atoms with E-state index < -0.39 is 6.10 Å². The van der Waals surface area contributed by atoms with Crippen LogP contribution < -0.4 is 0 Å². The quantitative estimate of drug-likeness (QED) is 0.407. The van der Waals surface area contributed by atoms with E-state index in [4.69, 9.17) is 9.94 Å². The monoisotopic (exact) mass is 201 g/mol. The Kier molecular flexibility index (Phi) is 3.88. The van der Waals surface area contributed by atoms with Crippen LogP contribution in [0, 0.1) is 5.92 Å². The minimum absolute atomic E-state index is 0.308. The molecule has 1 fully saturated rings. The zero-order valence-corrected chi connectivity index (χ0v) is 8.40. The predicted molar refractivity (Wildman–Crippen MR) is 49.4 cm³/mol. The van der Waals surface area contributed by atoms with Gasteiger partial charge in [0.05, 0.1) is 18.7 Å². The summed E-state index contributed by atoms with van der Waals surface area (Å²) in [5.41, 5.74) is 0.522. The average Bonchev–Trinajstić information content (AvgIpc) is 2.26. The molecule has 0 aromatic carbocycles. The SMILES string of the molecule is COC(=O)[C@H]1CCC/C(=N\O)[C@H]1OC. The first-order valence-electron chi connectivity index (χ1n) is 4.56. The molecule has 0 aromatic rings. The molecule has 0 radical (unpaired) electrons. The van der Waals surface area contributed by atoms with Gasteiger partial charge in [-0.2, -0.15) is 0 Å². The lowest BCUT2D eigenvalue weighted by Gasteiger charge is -2.28. The van der Waals surface area contributed by atoms with E-state index in [0.717, 1.165) is 6.42 Å². The van der Waals surface area contributed by atoms with E-state index >= 15 is 0 Å². The fourth-order valence-electron chi connectivity index (χ4n) is 1.83. The van der Waals surface area contributed by atoms with Gasteiger partial charge < -0.3 is 14.7 Å². The number of nitrogens with zero attached hydrogens (tertiary/aromatic N) is 1. The predicted octanol–water partition coefficient (Wildman–Crippen LogP) is 0.805. The number of oxime groups is 1. The van der Waals surface area contributed by atoms with E-state index in [-0.39, 0.29) is 11.9 Å². The molecule has 1 aliphatic carbocycles. The average molecular weight is 201 g/mol. The third kappa shape index (κ3) is 2.04. The van der Waals surface area contributed by atoms with Crippen LogP contribution in [-0.2, 0) is 14.3 Å². The zero-order valence-electron chi connectivity index (χ0n) is 8.40. The van der Waals surface area contributed by atoms with Gasteiger partial charge in [0.15, 0.2) is 0 Å². The van der Waals surface area contributed by atoms with Crippen LogP contribution in [0.25, 0.3) is 0 Å². The van der Waals surface area contributed by atoms with Crippen LogP contribution in [-0.4, -0.2) is 37.2 Å². The summed E-state index contributed by atoms with van der Waals surface area (Å²) in [4.78, 5) is 11.4. The first-order chi connectivity index (χ1) is 6.74. The minimum atomic E-state index is -0.443. The van der Waals surface area contributed by atoms with Crippen LogP contribution in [0.1, 0.15) is 19.3 Å². The molecule has 0 aliphatic heterocycles. The molecule has 1 N–H and O–H groups in total. The molecule has 80 valence electrons. The van der Waals surface area contributed by atoms with E-state index in [1.54, 1.807) is 0 Å². The molecule has 0 unspecified atom stereocenters. The molecule has 5 nitrogen and oxygen atoms in total. The molecule has 0 aromatic heterocycles. The lowest BCUT2D eigenvalue weighted by Crippen LogP contribution is -2.40. The molecule has 0 heterocycles. The first kappa shape index (κ1) is 11.0. The maximum Gasteiger partial charge on any atom is 0.311 e. The van der Waals surface area contributed by atoms with Crippen molar-refractivity contribution >= 4 is 11.7 Å². The number of esters is 1. The zero-order chi connectivity index (χ0) is 10.6. The van der Waals surface area contributed by atoms with Crippen molar-refractivity contribution < 1.29 is 19.5 Å². The third-order valence-corrected chi connectivity index (χ3v) is 2.53. The second-order valence-electron chi connectivity index (χ2n) is 3.27. The van der Waals surface area contributed by atoms with Crippen LogP contribution in [0.4, 0.5) is 0 Å². The number of ether oxygens (including phenoxy) is 2. The van der Waals surface area contributed by atoms with Crippen molar-refractivity contribution in [3.8, 4) is 0 Å². The molecule has 0 amide bonds. The summed E-state index contributed by atoms with van der Waals surface area (Å²) in [6, 6.07) is 0. The van der Waals surface area contributed by atoms with Crippen molar-refractivity contribution in [2.45, 2.75) is 25.4 Å². The number of carbonyl (C=O) groups is 1. The summed E-state index contributed by atoms with van der Waals surface area (Å²) < 4.78 is 9.80. The Hall–Kier alpha value is -1.10. The molecule has 1 rings (SSSR count). The van der Waals surface area contributed by atoms with Gasteiger partial charge in [0, 0.05) is 7.11 Å². The molecule has 14 heavy (non-hydrogen) atoms. The van der Waals surface area contributed by atoms with Gasteiger partial charge in [-0.3, -0.25) is 4.79 Å². The second kappa shape index (κ2) is 4.95. The summed E-state index contributed by atoms with van der Waals surface area (Å²) in [6.07, 6.45) is 1.76. The Morgan fingerprint density at radius 1 is 1.57 bits per heavy atom. The van der Waals surface area contributed by atoms with Gasteiger partial charge in [-0.15, -0.1) is 0 Å². The maximum atomic E-state index is 11.4. The van der Waals surface area contributed by atoms with Crippen molar-refractivity contribution in [1.82, 2.24) is 0 Å². The fourth-order valence-corrected chi connectivity index (χ4v) is 1.83. The van der Waals surface area contributed by atoms with Crippen molar-refractivity contribution in [3.05, 3.63) is 0 Å². The van der Waals surface area contributed by atoms with Crippen molar-refractivity contribution in [2.24, 2.45) is 11.1 Å². The van der Waals surface area contributed by atoms with Crippen molar-refractivity contribution in [2.75, 3.05) is 14.2 Å². The number of methoxy groups -OCH3 is 2. The number of hydrogen-bond acceptors (Lipinski definition) is 5. The van der Waals surface area contributed by atoms with E-state index in [2.05, 4.69) is 9.89 Å². The highest BCUT2D eigenvalue weighted by Crippen LogP contribution is 2.25. The molecule has 0 spiro atoms. The fraction of sp³-hybridized carbons (Fsp3) is 0.778. The standard InChI is InChI=1S/C9H15NO4/c1-13-8-6(9(11)14-2)4-3-5-7(8)10-12/h6,8,12H,3-5H2,1-2H3/b10-7+/t6-,8-/m0/s1.